The van der Waals surface area contributed by atoms with Crippen LogP contribution in [0.15, 0.2) is 0 Å². The van der Waals surface area contributed by atoms with Crippen molar-refractivity contribution < 1.29 is 13.3 Å². The van der Waals surface area contributed by atoms with E-state index in [-0.39, 0.29) is 5.67 Å². The summed E-state index contributed by atoms with van der Waals surface area (Å²) < 4.78 is 17.5. The Hall–Kier alpha value is 0.0169. The zero-order valence-corrected chi connectivity index (χ0v) is 15.2. The van der Waals surface area contributed by atoms with E-state index in [9.17, 15) is 0 Å². The first-order valence-electron chi connectivity index (χ1n) is 8.54. The quantitative estimate of drug-likeness (QED) is 0.358. The van der Waals surface area contributed by atoms with Gasteiger partial charge in [-0.15, -0.1) is 0 Å². The molecule has 0 rings (SSSR count). The molecule has 0 aliphatic carbocycles. The SMILES string of the molecule is CCO[Si](OCC)(OCC)C(N)CCCCCCCCN. The third-order valence-electron chi connectivity index (χ3n) is 3.46. The van der Waals surface area contributed by atoms with Crippen molar-refractivity contribution in [1.82, 2.24) is 0 Å². The maximum Gasteiger partial charge on any atom is 0.518 e. The predicted molar refractivity (Wildman–Crippen MR) is 90.0 cm³/mol. The summed E-state index contributed by atoms with van der Waals surface area (Å²) >= 11 is 0. The van der Waals surface area contributed by atoms with Gasteiger partial charge in [0.15, 0.2) is 0 Å². The fourth-order valence-electron chi connectivity index (χ4n) is 2.44. The summed E-state index contributed by atoms with van der Waals surface area (Å²) in [6.07, 6.45) is 8.09. The molecule has 0 saturated heterocycles. The van der Waals surface area contributed by atoms with Gasteiger partial charge < -0.3 is 24.7 Å². The zero-order chi connectivity index (χ0) is 16.0. The highest BCUT2D eigenvalue weighted by Crippen LogP contribution is 2.19. The second-order valence-electron chi connectivity index (χ2n) is 5.21. The summed E-state index contributed by atoms with van der Waals surface area (Å²) in [4.78, 5) is 0. The minimum Gasteiger partial charge on any atom is -0.373 e. The molecule has 0 aromatic rings. The number of rotatable bonds is 15. The van der Waals surface area contributed by atoms with E-state index in [4.69, 9.17) is 24.7 Å². The predicted octanol–water partition coefficient (Wildman–Crippen LogP) is 2.59. The van der Waals surface area contributed by atoms with Crippen LogP contribution in [0.5, 0.6) is 0 Å². The Morgan fingerprint density at radius 1 is 0.762 bits per heavy atom. The number of hydrogen-bond donors (Lipinski definition) is 2. The van der Waals surface area contributed by atoms with Crippen molar-refractivity contribution in [1.29, 1.82) is 0 Å². The van der Waals surface area contributed by atoms with Gasteiger partial charge >= 0.3 is 8.80 Å². The lowest BCUT2D eigenvalue weighted by Gasteiger charge is -2.33. The van der Waals surface area contributed by atoms with Gasteiger partial charge in [-0.3, -0.25) is 0 Å². The molecule has 0 saturated carbocycles. The van der Waals surface area contributed by atoms with Gasteiger partial charge in [0, 0.05) is 19.8 Å². The maximum atomic E-state index is 6.34. The van der Waals surface area contributed by atoms with Gasteiger partial charge in [-0.1, -0.05) is 32.1 Å². The summed E-state index contributed by atoms with van der Waals surface area (Å²) in [6, 6.07) is 0. The van der Waals surface area contributed by atoms with Gasteiger partial charge in [-0.05, 0) is 40.2 Å². The lowest BCUT2D eigenvalue weighted by Crippen LogP contribution is -2.60. The molecule has 0 amide bonds. The molecule has 0 aromatic heterocycles. The van der Waals surface area contributed by atoms with Crippen molar-refractivity contribution in [2.75, 3.05) is 26.4 Å². The third kappa shape index (κ3) is 8.90. The Morgan fingerprint density at radius 2 is 1.19 bits per heavy atom. The van der Waals surface area contributed by atoms with E-state index in [2.05, 4.69) is 0 Å². The van der Waals surface area contributed by atoms with E-state index in [1.165, 1.54) is 25.7 Å². The molecule has 1 unspecified atom stereocenters. The molecular formula is C15H36N2O3Si. The molecule has 128 valence electrons. The number of unbranched alkanes of at least 4 members (excludes halogenated alkanes) is 5. The Kier molecular flexibility index (Phi) is 13.7. The maximum absolute atomic E-state index is 6.34. The molecule has 1 atom stereocenters. The van der Waals surface area contributed by atoms with Gasteiger partial charge in [-0.25, -0.2) is 0 Å². The zero-order valence-electron chi connectivity index (χ0n) is 14.2. The van der Waals surface area contributed by atoms with Crippen LogP contribution in [0, 0.1) is 0 Å². The van der Waals surface area contributed by atoms with Gasteiger partial charge in [0.2, 0.25) is 0 Å². The Labute approximate surface area is 132 Å². The Bertz CT molecular complexity index is 216. The molecule has 0 heterocycles. The fraction of sp³-hybridized carbons (Fsp3) is 1.00. The van der Waals surface area contributed by atoms with Crippen LogP contribution in [0.25, 0.3) is 0 Å². The van der Waals surface area contributed by atoms with Crippen molar-refractivity contribution in [3.05, 3.63) is 0 Å². The first-order valence-corrected chi connectivity index (χ1v) is 10.3. The molecule has 0 aromatic carbocycles. The van der Waals surface area contributed by atoms with Crippen LogP contribution in [0.3, 0.4) is 0 Å². The van der Waals surface area contributed by atoms with Crippen molar-refractivity contribution in [2.45, 2.75) is 71.4 Å². The summed E-state index contributed by atoms with van der Waals surface area (Å²) in [7, 11) is -2.72. The largest absolute Gasteiger partial charge is 0.518 e. The summed E-state index contributed by atoms with van der Waals surface area (Å²) in [5.41, 5.74) is 11.7. The Morgan fingerprint density at radius 3 is 1.62 bits per heavy atom. The van der Waals surface area contributed by atoms with Crippen molar-refractivity contribution in [2.24, 2.45) is 11.5 Å². The van der Waals surface area contributed by atoms with Gasteiger partial charge in [0.25, 0.3) is 0 Å². The van der Waals surface area contributed by atoms with E-state index >= 15 is 0 Å². The molecule has 0 fully saturated rings. The first kappa shape index (κ1) is 21.0. The van der Waals surface area contributed by atoms with Crippen molar-refractivity contribution in [3.63, 3.8) is 0 Å². The number of nitrogens with two attached hydrogens (primary N) is 2. The molecule has 0 bridgehead atoms. The Balaban J connectivity index is 4.11. The standard InChI is InChI=1S/C15H36N2O3Si/c1-4-18-21(19-5-2,20-6-3)15(17)13-11-9-7-8-10-12-14-16/h15H,4-14,16-17H2,1-3H3. The van der Waals surface area contributed by atoms with Crippen LogP contribution in [0.4, 0.5) is 0 Å². The normalized spacial score (nSPS) is 13.6. The van der Waals surface area contributed by atoms with Crippen molar-refractivity contribution in [3.8, 4) is 0 Å². The summed E-state index contributed by atoms with van der Waals surface area (Å²) in [5.74, 6) is 0. The van der Waals surface area contributed by atoms with Crippen LogP contribution in [0.1, 0.15) is 65.7 Å². The van der Waals surface area contributed by atoms with Gasteiger partial charge in [-0.2, -0.15) is 0 Å². The highest BCUT2D eigenvalue weighted by molar-refractivity contribution is 6.62. The second kappa shape index (κ2) is 13.7. The smallest absolute Gasteiger partial charge is 0.373 e. The molecule has 21 heavy (non-hydrogen) atoms. The van der Waals surface area contributed by atoms with Crippen LogP contribution in [-0.4, -0.2) is 40.8 Å². The average molecular weight is 321 g/mol. The first-order chi connectivity index (χ1) is 10.2. The molecule has 0 radical (unpaired) electrons. The minimum atomic E-state index is -2.72. The van der Waals surface area contributed by atoms with E-state index in [1.807, 2.05) is 20.8 Å². The monoisotopic (exact) mass is 320 g/mol. The van der Waals surface area contributed by atoms with E-state index in [0.29, 0.717) is 19.8 Å². The lowest BCUT2D eigenvalue weighted by molar-refractivity contribution is 0.0610. The van der Waals surface area contributed by atoms with Crippen molar-refractivity contribution >= 4 is 8.80 Å². The average Bonchev–Trinajstić information content (AvgIpc) is 2.46. The van der Waals surface area contributed by atoms with E-state index in [0.717, 1.165) is 25.8 Å². The highest BCUT2D eigenvalue weighted by atomic mass is 28.4. The number of hydrogen-bond acceptors (Lipinski definition) is 5. The minimum absolute atomic E-state index is 0.124. The second-order valence-corrected chi connectivity index (χ2v) is 8.02. The molecule has 0 aliphatic heterocycles. The molecule has 5 nitrogen and oxygen atoms in total. The molecule has 0 aliphatic rings. The van der Waals surface area contributed by atoms with Crippen LogP contribution in [0.2, 0.25) is 0 Å². The lowest BCUT2D eigenvalue weighted by atomic mass is 10.1. The van der Waals surface area contributed by atoms with Crippen LogP contribution < -0.4 is 11.5 Å². The molecule has 6 heteroatoms. The topological polar surface area (TPSA) is 79.7 Å². The molecular weight excluding hydrogens is 284 g/mol. The third-order valence-corrected chi connectivity index (χ3v) is 6.73. The van der Waals surface area contributed by atoms with E-state index < -0.39 is 8.80 Å². The molecule has 4 N–H and O–H groups in total. The molecule has 0 spiro atoms. The van der Waals surface area contributed by atoms with E-state index in [1.54, 1.807) is 0 Å². The van der Waals surface area contributed by atoms with Crippen LogP contribution in [-0.2, 0) is 13.3 Å². The summed E-state index contributed by atoms with van der Waals surface area (Å²) in [6.45, 7) is 8.44. The van der Waals surface area contributed by atoms with Gasteiger partial charge in [0.1, 0.15) is 0 Å². The van der Waals surface area contributed by atoms with Gasteiger partial charge in [0.05, 0.1) is 5.67 Å². The fourth-order valence-corrected chi connectivity index (χ4v) is 5.10. The summed E-state index contributed by atoms with van der Waals surface area (Å²) in [5, 5.41) is 0. The van der Waals surface area contributed by atoms with Crippen LogP contribution >= 0.6 is 0 Å². The highest BCUT2D eigenvalue weighted by Gasteiger charge is 2.46.